The lowest BCUT2D eigenvalue weighted by atomic mass is 10.2. The fourth-order valence-corrected chi connectivity index (χ4v) is 1.69. The second kappa shape index (κ2) is 8.08. The third-order valence-electron chi connectivity index (χ3n) is 2.49. The van der Waals surface area contributed by atoms with Gasteiger partial charge in [-0.15, -0.1) is 0 Å². The number of rotatable bonds is 8. The van der Waals surface area contributed by atoms with E-state index >= 15 is 0 Å². The Balaban J connectivity index is 1.76. The van der Waals surface area contributed by atoms with Crippen LogP contribution in [0.15, 0.2) is 0 Å². The first-order valence-corrected chi connectivity index (χ1v) is 6.19. The van der Waals surface area contributed by atoms with Gasteiger partial charge in [-0.05, 0) is 31.7 Å². The summed E-state index contributed by atoms with van der Waals surface area (Å²) in [4.78, 5) is 0. The maximum absolute atomic E-state index is 5.52. The lowest BCUT2D eigenvalue weighted by Gasteiger charge is -2.11. The summed E-state index contributed by atoms with van der Waals surface area (Å²) in [5.41, 5.74) is 0. The van der Waals surface area contributed by atoms with Crippen LogP contribution < -0.4 is 5.32 Å². The molecule has 3 nitrogen and oxygen atoms in total. The van der Waals surface area contributed by atoms with Crippen molar-refractivity contribution in [2.45, 2.75) is 39.2 Å². The summed E-state index contributed by atoms with van der Waals surface area (Å²) in [6, 6.07) is 0. The van der Waals surface area contributed by atoms with Gasteiger partial charge in [0.05, 0.1) is 6.10 Å². The Bertz CT molecular complexity index is 145. The molecule has 3 heteroatoms. The molecule has 1 saturated heterocycles. The van der Waals surface area contributed by atoms with Crippen molar-refractivity contribution in [3.05, 3.63) is 0 Å². The molecule has 1 heterocycles. The number of hydrogen-bond donors (Lipinski definition) is 1. The van der Waals surface area contributed by atoms with Crippen LogP contribution in [0.25, 0.3) is 0 Å². The van der Waals surface area contributed by atoms with E-state index in [0.29, 0.717) is 12.0 Å². The second-order valence-corrected chi connectivity index (χ2v) is 4.66. The lowest BCUT2D eigenvalue weighted by molar-refractivity contribution is 0.100. The Labute approximate surface area is 93.5 Å². The Morgan fingerprint density at radius 3 is 3.00 bits per heavy atom. The topological polar surface area (TPSA) is 30.5 Å². The first-order valence-electron chi connectivity index (χ1n) is 6.19. The average molecular weight is 215 g/mol. The number of ether oxygens (including phenoxy) is 2. The minimum absolute atomic E-state index is 0.460. The summed E-state index contributed by atoms with van der Waals surface area (Å²) in [5, 5.41) is 3.41. The Morgan fingerprint density at radius 2 is 2.33 bits per heavy atom. The van der Waals surface area contributed by atoms with Crippen molar-refractivity contribution >= 4 is 0 Å². The van der Waals surface area contributed by atoms with Gasteiger partial charge >= 0.3 is 0 Å². The zero-order valence-corrected chi connectivity index (χ0v) is 10.1. The Morgan fingerprint density at radius 1 is 1.47 bits per heavy atom. The van der Waals surface area contributed by atoms with Gasteiger partial charge in [-0.1, -0.05) is 13.8 Å². The molecule has 1 fully saturated rings. The number of nitrogens with one attached hydrogen (secondary N) is 1. The highest BCUT2D eigenvalue weighted by Crippen LogP contribution is 2.10. The van der Waals surface area contributed by atoms with Gasteiger partial charge in [0.1, 0.15) is 0 Å². The van der Waals surface area contributed by atoms with Crippen molar-refractivity contribution in [2.75, 3.05) is 32.9 Å². The molecule has 0 spiro atoms. The van der Waals surface area contributed by atoms with Crippen LogP contribution in [-0.2, 0) is 9.47 Å². The summed E-state index contributed by atoms with van der Waals surface area (Å²) in [7, 11) is 0. The maximum Gasteiger partial charge on any atom is 0.0700 e. The van der Waals surface area contributed by atoms with Crippen LogP contribution >= 0.6 is 0 Å². The molecule has 0 bridgehead atoms. The molecule has 0 amide bonds. The third kappa shape index (κ3) is 6.88. The molecule has 1 aliphatic rings. The predicted octanol–water partition coefficient (Wildman–Crippen LogP) is 1.82. The quantitative estimate of drug-likeness (QED) is 0.626. The Kier molecular flexibility index (Phi) is 6.98. The molecule has 1 unspecified atom stereocenters. The van der Waals surface area contributed by atoms with Crippen molar-refractivity contribution < 1.29 is 9.47 Å². The van der Waals surface area contributed by atoms with E-state index in [4.69, 9.17) is 9.47 Å². The monoisotopic (exact) mass is 215 g/mol. The highest BCUT2D eigenvalue weighted by molar-refractivity contribution is 4.67. The first kappa shape index (κ1) is 12.9. The van der Waals surface area contributed by atoms with Gasteiger partial charge in [-0.3, -0.25) is 0 Å². The second-order valence-electron chi connectivity index (χ2n) is 4.66. The van der Waals surface area contributed by atoms with Crippen molar-refractivity contribution in [1.29, 1.82) is 0 Å². The molecule has 1 aliphatic heterocycles. The molecule has 0 aromatic heterocycles. The highest BCUT2D eigenvalue weighted by Gasteiger charge is 2.13. The summed E-state index contributed by atoms with van der Waals surface area (Å²) in [5.74, 6) is 0.643. The van der Waals surface area contributed by atoms with Crippen LogP contribution in [0.5, 0.6) is 0 Å². The molecular weight excluding hydrogens is 190 g/mol. The molecular formula is C12H25NO2. The van der Waals surface area contributed by atoms with Crippen LogP contribution in [0.4, 0.5) is 0 Å². The summed E-state index contributed by atoms with van der Waals surface area (Å²) < 4.78 is 11.0. The van der Waals surface area contributed by atoms with Crippen LogP contribution in [-0.4, -0.2) is 39.0 Å². The average Bonchev–Trinajstić information content (AvgIpc) is 2.68. The van der Waals surface area contributed by atoms with E-state index in [1.54, 1.807) is 0 Å². The van der Waals surface area contributed by atoms with Gasteiger partial charge in [-0.2, -0.15) is 0 Å². The molecule has 0 aliphatic carbocycles. The maximum atomic E-state index is 5.52. The highest BCUT2D eigenvalue weighted by atomic mass is 16.5. The van der Waals surface area contributed by atoms with Crippen molar-refractivity contribution in [1.82, 2.24) is 5.32 Å². The third-order valence-corrected chi connectivity index (χ3v) is 2.49. The van der Waals surface area contributed by atoms with Gasteiger partial charge < -0.3 is 14.8 Å². The van der Waals surface area contributed by atoms with E-state index in [0.717, 1.165) is 39.3 Å². The molecule has 1 rings (SSSR count). The zero-order chi connectivity index (χ0) is 10.9. The molecule has 0 radical (unpaired) electrons. The van der Waals surface area contributed by atoms with Crippen LogP contribution in [0.3, 0.4) is 0 Å². The predicted molar refractivity (Wildman–Crippen MR) is 62.1 cm³/mol. The van der Waals surface area contributed by atoms with E-state index in [1.165, 1.54) is 12.8 Å². The zero-order valence-electron chi connectivity index (χ0n) is 10.1. The standard InChI is InChI=1S/C12H25NO2/c1-11(2)10-14-7-4-6-13-9-12-5-3-8-15-12/h11-13H,3-10H2,1-2H3. The largest absolute Gasteiger partial charge is 0.381 e. The molecule has 1 atom stereocenters. The van der Waals surface area contributed by atoms with Gasteiger partial charge in [0.15, 0.2) is 0 Å². The van der Waals surface area contributed by atoms with Gasteiger partial charge in [0.2, 0.25) is 0 Å². The van der Waals surface area contributed by atoms with E-state index < -0.39 is 0 Å². The van der Waals surface area contributed by atoms with Crippen molar-refractivity contribution in [2.24, 2.45) is 5.92 Å². The normalized spacial score (nSPS) is 21.4. The summed E-state index contributed by atoms with van der Waals surface area (Å²) in [6.07, 6.45) is 4.00. The minimum Gasteiger partial charge on any atom is -0.381 e. The van der Waals surface area contributed by atoms with Crippen molar-refractivity contribution in [3.8, 4) is 0 Å². The van der Waals surface area contributed by atoms with Crippen LogP contribution in [0.2, 0.25) is 0 Å². The fraction of sp³-hybridized carbons (Fsp3) is 1.00. The lowest BCUT2D eigenvalue weighted by Crippen LogP contribution is -2.27. The van der Waals surface area contributed by atoms with E-state index in [1.807, 2.05) is 0 Å². The molecule has 0 aromatic carbocycles. The first-order chi connectivity index (χ1) is 7.29. The SMILES string of the molecule is CC(C)COCCCNCC1CCCO1. The van der Waals surface area contributed by atoms with Gasteiger partial charge in [0.25, 0.3) is 0 Å². The summed E-state index contributed by atoms with van der Waals surface area (Å²) in [6.45, 7) is 9.10. The van der Waals surface area contributed by atoms with E-state index in [9.17, 15) is 0 Å². The van der Waals surface area contributed by atoms with Crippen LogP contribution in [0, 0.1) is 5.92 Å². The minimum atomic E-state index is 0.460. The number of hydrogen-bond acceptors (Lipinski definition) is 3. The Hall–Kier alpha value is -0.120. The summed E-state index contributed by atoms with van der Waals surface area (Å²) >= 11 is 0. The molecule has 0 saturated carbocycles. The fourth-order valence-electron chi connectivity index (χ4n) is 1.69. The van der Waals surface area contributed by atoms with E-state index in [-0.39, 0.29) is 0 Å². The molecule has 90 valence electrons. The van der Waals surface area contributed by atoms with E-state index in [2.05, 4.69) is 19.2 Å². The van der Waals surface area contributed by atoms with Crippen LogP contribution in [0.1, 0.15) is 33.1 Å². The molecule has 1 N–H and O–H groups in total. The smallest absolute Gasteiger partial charge is 0.0700 e. The molecule has 15 heavy (non-hydrogen) atoms. The van der Waals surface area contributed by atoms with Crippen molar-refractivity contribution in [3.63, 3.8) is 0 Å². The molecule has 0 aromatic rings. The van der Waals surface area contributed by atoms with Gasteiger partial charge in [-0.25, -0.2) is 0 Å². The van der Waals surface area contributed by atoms with Gasteiger partial charge in [0, 0.05) is 26.4 Å².